The van der Waals surface area contributed by atoms with E-state index in [0.717, 1.165) is 25.9 Å². The molecule has 170 valence electrons. The number of nitrogens with zero attached hydrogens (tertiary/aromatic N) is 1. The maximum Gasteiger partial charge on any atom is 0.313 e. The highest BCUT2D eigenvalue weighted by Gasteiger charge is 2.13. The first-order valence-corrected chi connectivity index (χ1v) is 11.3. The van der Waals surface area contributed by atoms with Crippen molar-refractivity contribution in [1.29, 1.82) is 0 Å². The molecule has 2 aromatic rings. The molecular formula is C25H32N4O3. The zero-order valence-electron chi connectivity index (χ0n) is 18.7. The Morgan fingerprint density at radius 2 is 1.38 bits per heavy atom. The summed E-state index contributed by atoms with van der Waals surface area (Å²) in [4.78, 5) is 37.6. The predicted molar refractivity (Wildman–Crippen MR) is 128 cm³/mol. The second-order valence-corrected chi connectivity index (χ2v) is 8.14. The lowest BCUT2D eigenvalue weighted by atomic mass is 10.1. The minimum atomic E-state index is -0.709. The number of rotatable bonds is 7. The highest BCUT2D eigenvalue weighted by molar-refractivity contribution is 6.39. The lowest BCUT2D eigenvalue weighted by molar-refractivity contribution is -0.136. The molecule has 1 aliphatic heterocycles. The summed E-state index contributed by atoms with van der Waals surface area (Å²) in [5, 5.41) is 7.86. The molecule has 0 unspecified atom stereocenters. The number of aryl methyl sites for hydroxylation is 1. The number of carbonyl (C=O) groups is 3. The summed E-state index contributed by atoms with van der Waals surface area (Å²) in [7, 11) is 0. The standard InChI is InChI=1S/C25H32N4O3/c1-19(30)27-21-10-12-22(13-11-21)28-25(32)24(31)26-16-6-7-20-8-14-23(15-9-20)29-17-4-2-3-5-18-29/h8-15H,2-7,16-18H2,1H3,(H,26,31)(H,27,30)(H,28,32). The molecule has 7 nitrogen and oxygen atoms in total. The van der Waals surface area contributed by atoms with Crippen LogP contribution in [0.1, 0.15) is 44.6 Å². The van der Waals surface area contributed by atoms with Gasteiger partial charge in [0.2, 0.25) is 5.91 Å². The van der Waals surface area contributed by atoms with Gasteiger partial charge in [0.1, 0.15) is 0 Å². The minimum absolute atomic E-state index is 0.172. The molecule has 2 aromatic carbocycles. The van der Waals surface area contributed by atoms with Crippen LogP contribution in [0, 0.1) is 0 Å². The van der Waals surface area contributed by atoms with E-state index >= 15 is 0 Å². The third-order valence-electron chi connectivity index (χ3n) is 5.50. The van der Waals surface area contributed by atoms with Crippen LogP contribution >= 0.6 is 0 Å². The van der Waals surface area contributed by atoms with Crippen LogP contribution < -0.4 is 20.9 Å². The number of carbonyl (C=O) groups excluding carboxylic acids is 3. The summed E-state index contributed by atoms with van der Waals surface area (Å²) in [5.74, 6) is -1.54. The van der Waals surface area contributed by atoms with Crippen molar-refractivity contribution in [3.8, 4) is 0 Å². The van der Waals surface area contributed by atoms with E-state index in [9.17, 15) is 14.4 Å². The molecule has 0 aliphatic carbocycles. The Bertz CT molecular complexity index is 902. The quantitative estimate of drug-likeness (QED) is 0.456. The monoisotopic (exact) mass is 436 g/mol. The molecule has 32 heavy (non-hydrogen) atoms. The number of anilines is 3. The van der Waals surface area contributed by atoms with Crippen LogP contribution in [0.3, 0.4) is 0 Å². The number of amides is 3. The van der Waals surface area contributed by atoms with E-state index in [2.05, 4.69) is 45.1 Å². The third kappa shape index (κ3) is 7.41. The van der Waals surface area contributed by atoms with E-state index in [1.807, 2.05) is 0 Å². The average molecular weight is 437 g/mol. The van der Waals surface area contributed by atoms with Crippen molar-refractivity contribution in [3.63, 3.8) is 0 Å². The number of nitrogens with one attached hydrogen (secondary N) is 3. The van der Waals surface area contributed by atoms with Crippen LogP contribution in [-0.4, -0.2) is 37.4 Å². The van der Waals surface area contributed by atoms with Crippen molar-refractivity contribution in [2.24, 2.45) is 0 Å². The summed E-state index contributed by atoms with van der Waals surface area (Å²) in [6, 6.07) is 15.3. The first-order chi connectivity index (χ1) is 15.5. The fraction of sp³-hybridized carbons (Fsp3) is 0.400. The van der Waals surface area contributed by atoms with Gasteiger partial charge in [-0.25, -0.2) is 0 Å². The molecule has 0 radical (unpaired) electrons. The van der Waals surface area contributed by atoms with Crippen molar-refractivity contribution in [2.45, 2.75) is 45.4 Å². The minimum Gasteiger partial charge on any atom is -0.372 e. The second kappa shape index (κ2) is 11.9. The Morgan fingerprint density at radius 1 is 0.781 bits per heavy atom. The summed E-state index contributed by atoms with van der Waals surface area (Å²) < 4.78 is 0. The van der Waals surface area contributed by atoms with Crippen LogP contribution in [-0.2, 0) is 20.8 Å². The molecular weight excluding hydrogens is 404 g/mol. The Kier molecular flexibility index (Phi) is 8.66. The highest BCUT2D eigenvalue weighted by atomic mass is 16.2. The molecule has 1 heterocycles. The van der Waals surface area contributed by atoms with Crippen LogP contribution in [0.4, 0.5) is 17.1 Å². The smallest absolute Gasteiger partial charge is 0.313 e. The first kappa shape index (κ1) is 23.3. The molecule has 0 saturated carbocycles. The second-order valence-electron chi connectivity index (χ2n) is 8.14. The Hall–Kier alpha value is -3.35. The molecule has 3 N–H and O–H groups in total. The van der Waals surface area contributed by atoms with Crippen molar-refractivity contribution >= 4 is 34.8 Å². The average Bonchev–Trinajstić information content (AvgIpc) is 3.07. The van der Waals surface area contributed by atoms with Gasteiger partial charge in [0.15, 0.2) is 0 Å². The summed E-state index contributed by atoms with van der Waals surface area (Å²) in [5.41, 5.74) is 3.62. The van der Waals surface area contributed by atoms with E-state index in [-0.39, 0.29) is 5.91 Å². The lowest BCUT2D eigenvalue weighted by Crippen LogP contribution is -2.36. The zero-order valence-corrected chi connectivity index (χ0v) is 18.7. The molecule has 3 amide bonds. The molecule has 0 atom stereocenters. The number of benzene rings is 2. The largest absolute Gasteiger partial charge is 0.372 e. The third-order valence-corrected chi connectivity index (χ3v) is 5.50. The van der Waals surface area contributed by atoms with Gasteiger partial charge in [-0.3, -0.25) is 14.4 Å². The van der Waals surface area contributed by atoms with Gasteiger partial charge in [-0.05, 0) is 67.6 Å². The molecule has 0 spiro atoms. The van der Waals surface area contributed by atoms with Crippen molar-refractivity contribution < 1.29 is 14.4 Å². The van der Waals surface area contributed by atoms with Gasteiger partial charge in [-0.2, -0.15) is 0 Å². The lowest BCUT2D eigenvalue weighted by Gasteiger charge is -2.22. The zero-order chi connectivity index (χ0) is 22.8. The Morgan fingerprint density at radius 3 is 1.97 bits per heavy atom. The van der Waals surface area contributed by atoms with E-state index < -0.39 is 11.8 Å². The van der Waals surface area contributed by atoms with Crippen molar-refractivity contribution in [1.82, 2.24) is 5.32 Å². The molecule has 1 saturated heterocycles. The van der Waals surface area contributed by atoms with Crippen LogP contribution in [0.5, 0.6) is 0 Å². The normalized spacial score (nSPS) is 13.7. The number of hydrogen-bond donors (Lipinski definition) is 3. The molecule has 0 bridgehead atoms. The Balaban J connectivity index is 1.37. The molecule has 3 rings (SSSR count). The molecule has 0 aromatic heterocycles. The SMILES string of the molecule is CC(=O)Nc1ccc(NC(=O)C(=O)NCCCc2ccc(N3CCCCCC3)cc2)cc1. The van der Waals surface area contributed by atoms with E-state index in [1.54, 1.807) is 24.3 Å². The topological polar surface area (TPSA) is 90.5 Å². The van der Waals surface area contributed by atoms with Crippen LogP contribution in [0.15, 0.2) is 48.5 Å². The van der Waals surface area contributed by atoms with Gasteiger partial charge in [0.05, 0.1) is 0 Å². The number of hydrogen-bond acceptors (Lipinski definition) is 4. The summed E-state index contributed by atoms with van der Waals surface area (Å²) >= 11 is 0. The maximum atomic E-state index is 12.1. The predicted octanol–water partition coefficient (Wildman–Crippen LogP) is 3.71. The molecule has 1 aliphatic rings. The van der Waals surface area contributed by atoms with E-state index in [0.29, 0.717) is 17.9 Å². The van der Waals surface area contributed by atoms with Gasteiger partial charge in [-0.1, -0.05) is 25.0 Å². The fourth-order valence-electron chi connectivity index (χ4n) is 3.81. The van der Waals surface area contributed by atoms with Gasteiger partial charge in [0, 0.05) is 43.6 Å². The van der Waals surface area contributed by atoms with Gasteiger partial charge in [0.25, 0.3) is 0 Å². The fourth-order valence-corrected chi connectivity index (χ4v) is 3.81. The van der Waals surface area contributed by atoms with Gasteiger partial charge >= 0.3 is 11.8 Å². The maximum absolute atomic E-state index is 12.1. The van der Waals surface area contributed by atoms with Crippen molar-refractivity contribution in [2.75, 3.05) is 35.2 Å². The van der Waals surface area contributed by atoms with Crippen molar-refractivity contribution in [3.05, 3.63) is 54.1 Å². The molecule has 7 heteroatoms. The van der Waals surface area contributed by atoms with E-state index in [4.69, 9.17) is 0 Å². The van der Waals surface area contributed by atoms with Gasteiger partial charge in [-0.15, -0.1) is 0 Å². The summed E-state index contributed by atoms with van der Waals surface area (Å²) in [6.07, 6.45) is 6.77. The first-order valence-electron chi connectivity index (χ1n) is 11.3. The van der Waals surface area contributed by atoms with Gasteiger partial charge < -0.3 is 20.9 Å². The Labute approximate surface area is 189 Å². The molecule has 1 fully saturated rings. The van der Waals surface area contributed by atoms with E-state index in [1.165, 1.54) is 43.9 Å². The van der Waals surface area contributed by atoms with Crippen LogP contribution in [0.25, 0.3) is 0 Å². The van der Waals surface area contributed by atoms with Crippen LogP contribution in [0.2, 0.25) is 0 Å². The summed E-state index contributed by atoms with van der Waals surface area (Å²) in [6.45, 7) is 4.12. The highest BCUT2D eigenvalue weighted by Crippen LogP contribution is 2.20.